The molecule has 2 N–H and O–H groups in total. The quantitative estimate of drug-likeness (QED) is 0.439. The number of nitrogens with zero attached hydrogens (tertiary/aromatic N) is 3. The van der Waals surface area contributed by atoms with Gasteiger partial charge in [-0.3, -0.25) is 14.7 Å². The molecule has 1 aliphatic rings. The maximum Gasteiger partial charge on any atom is 0.326 e. The predicted octanol–water partition coefficient (Wildman–Crippen LogP) is 3.86. The van der Waals surface area contributed by atoms with Gasteiger partial charge in [0.25, 0.3) is 5.69 Å². The fraction of sp³-hybridized carbons (Fsp3) is 0.381. The Hall–Kier alpha value is -2.84. The molecule has 0 bridgehead atoms. The molecule has 2 aromatic carbocycles. The van der Waals surface area contributed by atoms with Crippen LogP contribution in [0.15, 0.2) is 47.3 Å². The average Bonchev–Trinajstić information content (AvgIpc) is 3.06. The molecule has 0 radical (unpaired) electrons. The van der Waals surface area contributed by atoms with Crippen LogP contribution in [-0.4, -0.2) is 45.1 Å². The number of benzene rings is 2. The number of para-hydroxylation sites is 2. The molecular formula is C21H24ClN5O3. The molecule has 1 aromatic heterocycles. The number of anilines is 1. The lowest BCUT2D eigenvalue weighted by atomic mass is 10.0. The Morgan fingerprint density at radius 3 is 2.70 bits per heavy atom. The highest BCUT2D eigenvalue weighted by Crippen LogP contribution is 2.29. The van der Waals surface area contributed by atoms with Crippen molar-refractivity contribution in [2.75, 3.05) is 25.0 Å². The Bertz CT molecular complexity index is 1100. The van der Waals surface area contributed by atoms with Gasteiger partial charge in [-0.1, -0.05) is 23.7 Å². The first-order valence-corrected chi connectivity index (χ1v) is 10.5. The number of aromatic nitrogens is 2. The first-order valence-electron chi connectivity index (χ1n) is 10.1. The lowest BCUT2D eigenvalue weighted by Crippen LogP contribution is -2.40. The summed E-state index contributed by atoms with van der Waals surface area (Å²) in [5.41, 5.74) is 2.26. The van der Waals surface area contributed by atoms with E-state index in [0.29, 0.717) is 17.3 Å². The van der Waals surface area contributed by atoms with Crippen LogP contribution in [0.3, 0.4) is 0 Å². The topological polar surface area (TPSA) is 96.2 Å². The molecule has 0 spiro atoms. The van der Waals surface area contributed by atoms with Crippen LogP contribution in [0.4, 0.5) is 11.4 Å². The molecule has 1 aliphatic heterocycles. The summed E-state index contributed by atoms with van der Waals surface area (Å²) in [5.74, 6) is 0. The number of nitro benzene ring substituents is 1. The van der Waals surface area contributed by atoms with Gasteiger partial charge in [0.15, 0.2) is 0 Å². The van der Waals surface area contributed by atoms with Gasteiger partial charge >= 0.3 is 5.69 Å². The number of H-pyrrole nitrogens is 1. The predicted molar refractivity (Wildman–Crippen MR) is 118 cm³/mol. The number of rotatable bonds is 7. The van der Waals surface area contributed by atoms with E-state index in [1.807, 2.05) is 24.3 Å². The van der Waals surface area contributed by atoms with Gasteiger partial charge in [-0.2, -0.15) is 0 Å². The van der Waals surface area contributed by atoms with Gasteiger partial charge in [0.1, 0.15) is 5.69 Å². The fourth-order valence-electron chi connectivity index (χ4n) is 4.08. The van der Waals surface area contributed by atoms with Crippen LogP contribution in [0.25, 0.3) is 11.0 Å². The number of aromatic amines is 1. The standard InChI is InChI=1S/C21H24ClN5O3/c22-15-6-7-18(20(14-15)27(29)30)23-16-8-12-25(13-9-16)10-3-11-26-19-5-2-1-4-17(19)24-21(26)28/h1-2,4-7,14,16,23H,3,8-13H2,(H,24,28). The number of nitrogens with one attached hydrogen (secondary N) is 2. The second-order valence-corrected chi connectivity index (χ2v) is 8.07. The van der Waals surface area contributed by atoms with Crippen LogP contribution < -0.4 is 11.0 Å². The van der Waals surface area contributed by atoms with Gasteiger partial charge < -0.3 is 15.2 Å². The van der Waals surface area contributed by atoms with Crippen LogP contribution in [0, 0.1) is 10.1 Å². The number of aryl methyl sites for hydroxylation is 1. The lowest BCUT2D eigenvalue weighted by Gasteiger charge is -2.32. The SMILES string of the molecule is O=c1[nH]c2ccccc2n1CCCN1CCC(Nc2ccc(Cl)cc2[N+](=O)[O-])CC1. The number of piperidine rings is 1. The molecule has 8 nitrogen and oxygen atoms in total. The smallest absolute Gasteiger partial charge is 0.326 e. The molecule has 1 saturated heterocycles. The third-order valence-electron chi connectivity index (χ3n) is 5.64. The summed E-state index contributed by atoms with van der Waals surface area (Å²) >= 11 is 5.89. The van der Waals surface area contributed by atoms with Crippen molar-refractivity contribution in [3.8, 4) is 0 Å². The summed E-state index contributed by atoms with van der Waals surface area (Å²) in [4.78, 5) is 28.3. The van der Waals surface area contributed by atoms with Crippen molar-refractivity contribution < 1.29 is 4.92 Å². The van der Waals surface area contributed by atoms with Crippen molar-refractivity contribution in [3.63, 3.8) is 0 Å². The molecular weight excluding hydrogens is 406 g/mol. The first kappa shape index (κ1) is 20.4. The van der Waals surface area contributed by atoms with Gasteiger partial charge in [0.05, 0.1) is 16.0 Å². The van der Waals surface area contributed by atoms with E-state index in [1.54, 1.807) is 16.7 Å². The minimum absolute atomic E-state index is 0.00843. The molecule has 0 amide bonds. The second kappa shape index (κ2) is 8.89. The summed E-state index contributed by atoms with van der Waals surface area (Å²) in [6, 6.07) is 12.6. The Morgan fingerprint density at radius 1 is 1.17 bits per heavy atom. The average molecular weight is 430 g/mol. The van der Waals surface area contributed by atoms with Crippen LogP contribution in [0.2, 0.25) is 5.02 Å². The van der Waals surface area contributed by atoms with Crippen LogP contribution >= 0.6 is 11.6 Å². The number of fused-ring (bicyclic) bond motifs is 1. The molecule has 3 aromatic rings. The number of halogens is 1. The Labute approximate surface area is 178 Å². The largest absolute Gasteiger partial charge is 0.377 e. The Balaban J connectivity index is 1.28. The van der Waals surface area contributed by atoms with Gasteiger partial charge in [0.2, 0.25) is 0 Å². The number of nitro groups is 1. The third-order valence-corrected chi connectivity index (χ3v) is 5.88. The molecule has 0 atom stereocenters. The Morgan fingerprint density at radius 2 is 1.93 bits per heavy atom. The number of hydrogen-bond acceptors (Lipinski definition) is 5. The van der Waals surface area contributed by atoms with Crippen molar-refractivity contribution in [3.05, 3.63) is 68.1 Å². The minimum Gasteiger partial charge on any atom is -0.377 e. The van der Waals surface area contributed by atoms with Gasteiger partial charge in [-0.15, -0.1) is 0 Å². The fourth-order valence-corrected chi connectivity index (χ4v) is 4.25. The van der Waals surface area contributed by atoms with Crippen molar-refractivity contribution in [1.29, 1.82) is 0 Å². The van der Waals surface area contributed by atoms with Gasteiger partial charge in [-0.25, -0.2) is 4.79 Å². The van der Waals surface area contributed by atoms with Gasteiger partial charge in [0, 0.05) is 36.8 Å². The van der Waals surface area contributed by atoms with E-state index < -0.39 is 4.92 Å². The highest BCUT2D eigenvalue weighted by Gasteiger charge is 2.22. The van der Waals surface area contributed by atoms with Crippen LogP contribution in [0.5, 0.6) is 0 Å². The van der Waals surface area contributed by atoms with Crippen molar-refractivity contribution in [1.82, 2.24) is 14.5 Å². The highest BCUT2D eigenvalue weighted by atomic mass is 35.5. The van der Waals surface area contributed by atoms with E-state index in [9.17, 15) is 14.9 Å². The zero-order valence-corrected chi connectivity index (χ0v) is 17.3. The molecule has 158 valence electrons. The zero-order chi connectivity index (χ0) is 21.1. The summed E-state index contributed by atoms with van der Waals surface area (Å²) in [6.07, 6.45) is 2.71. The summed E-state index contributed by atoms with van der Waals surface area (Å²) in [6.45, 7) is 3.43. The van der Waals surface area contributed by atoms with Crippen LogP contribution in [0.1, 0.15) is 19.3 Å². The minimum atomic E-state index is -0.407. The summed E-state index contributed by atoms with van der Waals surface area (Å²) < 4.78 is 1.79. The zero-order valence-electron chi connectivity index (χ0n) is 16.5. The summed E-state index contributed by atoms with van der Waals surface area (Å²) in [5, 5.41) is 14.9. The van der Waals surface area contributed by atoms with E-state index in [1.165, 1.54) is 6.07 Å². The van der Waals surface area contributed by atoms with E-state index in [-0.39, 0.29) is 17.4 Å². The summed E-state index contributed by atoms with van der Waals surface area (Å²) in [7, 11) is 0. The van der Waals surface area contributed by atoms with E-state index >= 15 is 0 Å². The number of likely N-dealkylation sites (tertiary alicyclic amines) is 1. The lowest BCUT2D eigenvalue weighted by molar-refractivity contribution is -0.384. The molecule has 30 heavy (non-hydrogen) atoms. The molecule has 9 heteroatoms. The number of hydrogen-bond donors (Lipinski definition) is 2. The maximum absolute atomic E-state index is 12.2. The molecule has 2 heterocycles. The molecule has 1 fully saturated rings. The molecule has 0 saturated carbocycles. The maximum atomic E-state index is 12.2. The first-order chi connectivity index (χ1) is 14.5. The Kier molecular flexibility index (Phi) is 6.06. The number of imidazole rings is 1. The molecule has 0 aliphatic carbocycles. The van der Waals surface area contributed by atoms with E-state index in [0.717, 1.165) is 49.9 Å². The van der Waals surface area contributed by atoms with Crippen molar-refractivity contribution >= 4 is 34.0 Å². The second-order valence-electron chi connectivity index (χ2n) is 7.63. The molecule has 0 unspecified atom stereocenters. The van der Waals surface area contributed by atoms with Crippen molar-refractivity contribution in [2.24, 2.45) is 0 Å². The normalized spacial score (nSPS) is 15.5. The van der Waals surface area contributed by atoms with Crippen molar-refractivity contribution in [2.45, 2.75) is 31.8 Å². The van der Waals surface area contributed by atoms with Gasteiger partial charge in [-0.05, 0) is 50.1 Å². The van der Waals surface area contributed by atoms with Crippen LogP contribution in [-0.2, 0) is 6.54 Å². The third kappa shape index (κ3) is 4.49. The van der Waals surface area contributed by atoms with E-state index in [2.05, 4.69) is 15.2 Å². The monoisotopic (exact) mass is 429 g/mol. The highest BCUT2D eigenvalue weighted by molar-refractivity contribution is 6.30. The van der Waals surface area contributed by atoms with E-state index in [4.69, 9.17) is 11.6 Å². The molecule has 4 rings (SSSR count).